The molecule has 0 bridgehead atoms. The molecule has 1 amide bonds. The topological polar surface area (TPSA) is 38.3 Å². The summed E-state index contributed by atoms with van der Waals surface area (Å²) in [4.78, 5) is 13.3. The van der Waals surface area contributed by atoms with E-state index >= 15 is 0 Å². The third-order valence-electron chi connectivity index (χ3n) is 3.13. The second-order valence-electron chi connectivity index (χ2n) is 4.63. The largest absolute Gasteiger partial charge is 0.478 e. The van der Waals surface area contributed by atoms with Crippen LogP contribution in [-0.2, 0) is 4.79 Å². The van der Waals surface area contributed by atoms with Gasteiger partial charge in [-0.15, -0.1) is 11.8 Å². The summed E-state index contributed by atoms with van der Waals surface area (Å²) in [5.41, 5.74) is 0.732. The summed E-state index contributed by atoms with van der Waals surface area (Å²) < 4.78 is 19.1. The maximum absolute atomic E-state index is 13.6. The van der Waals surface area contributed by atoms with Gasteiger partial charge in [-0.3, -0.25) is 4.79 Å². The third-order valence-corrected chi connectivity index (χ3v) is 3.93. The molecule has 2 aromatic rings. The van der Waals surface area contributed by atoms with Gasteiger partial charge in [0, 0.05) is 4.90 Å². The van der Waals surface area contributed by atoms with Gasteiger partial charge in [-0.2, -0.15) is 0 Å². The van der Waals surface area contributed by atoms with Gasteiger partial charge in [-0.1, -0.05) is 31.2 Å². The first kappa shape index (κ1) is 16.4. The highest BCUT2D eigenvalue weighted by molar-refractivity contribution is 7.98. The number of hydrogen-bond donors (Lipinski definition) is 1. The summed E-state index contributed by atoms with van der Waals surface area (Å²) in [6.45, 7) is 1.82. The van der Waals surface area contributed by atoms with Crippen molar-refractivity contribution in [1.29, 1.82) is 0 Å². The first-order chi connectivity index (χ1) is 10.7. The summed E-state index contributed by atoms with van der Waals surface area (Å²) in [6, 6.07) is 13.6. The molecule has 0 aromatic heterocycles. The Kier molecular flexibility index (Phi) is 5.83. The molecule has 0 aliphatic rings. The number of thioether (sulfide) groups is 1. The monoisotopic (exact) mass is 319 g/mol. The number of carbonyl (C=O) groups is 1. The number of benzene rings is 2. The molecule has 0 saturated heterocycles. The van der Waals surface area contributed by atoms with Crippen molar-refractivity contribution < 1.29 is 13.9 Å². The molecule has 3 nitrogen and oxygen atoms in total. The van der Waals surface area contributed by atoms with Gasteiger partial charge < -0.3 is 10.1 Å². The van der Waals surface area contributed by atoms with E-state index in [1.54, 1.807) is 23.9 Å². The molecular formula is C17H18FNO2S. The van der Waals surface area contributed by atoms with Crippen molar-refractivity contribution in [2.45, 2.75) is 24.3 Å². The molecule has 1 atom stereocenters. The SMILES string of the molecule is CC[C@@H](Oc1ccccc1F)C(=O)Nc1ccccc1SC. The minimum absolute atomic E-state index is 0.0858. The molecule has 22 heavy (non-hydrogen) atoms. The molecule has 0 radical (unpaired) electrons. The summed E-state index contributed by atoms with van der Waals surface area (Å²) in [5.74, 6) is -0.673. The van der Waals surface area contributed by atoms with Crippen LogP contribution in [0.5, 0.6) is 5.75 Å². The van der Waals surface area contributed by atoms with E-state index in [4.69, 9.17) is 4.74 Å². The Morgan fingerprint density at radius 2 is 1.91 bits per heavy atom. The van der Waals surface area contributed by atoms with Crippen LogP contribution in [0.25, 0.3) is 0 Å². The van der Waals surface area contributed by atoms with Crippen LogP contribution < -0.4 is 10.1 Å². The summed E-state index contributed by atoms with van der Waals surface area (Å²) in [6.07, 6.45) is 1.64. The van der Waals surface area contributed by atoms with Crippen molar-refractivity contribution in [3.63, 3.8) is 0 Å². The van der Waals surface area contributed by atoms with Crippen LogP contribution in [0.15, 0.2) is 53.4 Å². The maximum atomic E-state index is 13.6. The maximum Gasteiger partial charge on any atom is 0.265 e. The normalized spacial score (nSPS) is 11.8. The van der Waals surface area contributed by atoms with E-state index in [1.807, 2.05) is 37.4 Å². The highest BCUT2D eigenvalue weighted by atomic mass is 32.2. The predicted octanol–water partition coefficient (Wildman–Crippen LogP) is 4.34. The van der Waals surface area contributed by atoms with Crippen molar-refractivity contribution in [3.05, 3.63) is 54.3 Å². The van der Waals surface area contributed by atoms with Crippen LogP contribution in [0.2, 0.25) is 0 Å². The third kappa shape index (κ3) is 4.01. The highest BCUT2D eigenvalue weighted by Gasteiger charge is 2.20. The molecule has 0 aliphatic carbocycles. The average Bonchev–Trinajstić information content (AvgIpc) is 2.54. The number of nitrogens with one attached hydrogen (secondary N) is 1. The van der Waals surface area contributed by atoms with Crippen molar-refractivity contribution in [1.82, 2.24) is 0 Å². The van der Waals surface area contributed by atoms with Gasteiger partial charge in [0.05, 0.1) is 5.69 Å². The standard InChI is InChI=1S/C17H18FNO2S/c1-3-14(21-15-10-6-4-8-12(15)18)17(20)19-13-9-5-7-11-16(13)22-2/h4-11,14H,3H2,1-2H3,(H,19,20)/t14-/m1/s1. The van der Waals surface area contributed by atoms with E-state index in [0.717, 1.165) is 10.6 Å². The van der Waals surface area contributed by atoms with Gasteiger partial charge in [0.15, 0.2) is 17.7 Å². The number of rotatable bonds is 6. The fourth-order valence-electron chi connectivity index (χ4n) is 1.98. The Morgan fingerprint density at radius 3 is 2.59 bits per heavy atom. The van der Waals surface area contributed by atoms with E-state index in [1.165, 1.54) is 12.1 Å². The molecule has 0 heterocycles. The summed E-state index contributed by atoms with van der Waals surface area (Å²) in [7, 11) is 0. The first-order valence-corrected chi connectivity index (χ1v) is 8.23. The zero-order valence-electron chi connectivity index (χ0n) is 12.5. The molecule has 1 N–H and O–H groups in total. The van der Waals surface area contributed by atoms with Gasteiger partial charge in [0.2, 0.25) is 0 Å². The lowest BCUT2D eigenvalue weighted by atomic mass is 10.2. The molecule has 0 spiro atoms. The lowest BCUT2D eigenvalue weighted by Gasteiger charge is -2.18. The number of hydrogen-bond acceptors (Lipinski definition) is 3. The molecule has 2 aromatic carbocycles. The number of para-hydroxylation sites is 2. The van der Waals surface area contributed by atoms with E-state index < -0.39 is 11.9 Å². The summed E-state index contributed by atoms with van der Waals surface area (Å²) >= 11 is 1.55. The average molecular weight is 319 g/mol. The second-order valence-corrected chi connectivity index (χ2v) is 5.48. The van der Waals surface area contributed by atoms with Crippen LogP contribution in [-0.4, -0.2) is 18.3 Å². The molecule has 116 valence electrons. The van der Waals surface area contributed by atoms with Crippen molar-refractivity contribution in [2.24, 2.45) is 0 Å². The summed E-state index contributed by atoms with van der Waals surface area (Å²) in [5, 5.41) is 2.84. The Labute approximate surface area is 133 Å². The Morgan fingerprint density at radius 1 is 1.23 bits per heavy atom. The van der Waals surface area contributed by atoms with Gasteiger partial charge >= 0.3 is 0 Å². The smallest absolute Gasteiger partial charge is 0.265 e. The second kappa shape index (κ2) is 7.84. The number of amides is 1. The molecule has 0 unspecified atom stereocenters. The lowest BCUT2D eigenvalue weighted by Crippen LogP contribution is -2.32. The van der Waals surface area contributed by atoms with Gasteiger partial charge in [-0.05, 0) is 36.9 Å². The van der Waals surface area contributed by atoms with Crippen molar-refractivity contribution in [3.8, 4) is 5.75 Å². The Bertz CT molecular complexity index is 648. The fourth-order valence-corrected chi connectivity index (χ4v) is 2.53. The number of halogens is 1. The van der Waals surface area contributed by atoms with Gasteiger partial charge in [0.1, 0.15) is 0 Å². The van der Waals surface area contributed by atoms with E-state index in [0.29, 0.717) is 6.42 Å². The van der Waals surface area contributed by atoms with E-state index in [-0.39, 0.29) is 11.7 Å². The van der Waals surface area contributed by atoms with Crippen LogP contribution in [0.1, 0.15) is 13.3 Å². The molecule has 2 rings (SSSR count). The van der Waals surface area contributed by atoms with E-state index in [2.05, 4.69) is 5.32 Å². The molecule has 0 saturated carbocycles. The Hall–Kier alpha value is -2.01. The minimum atomic E-state index is -0.744. The van der Waals surface area contributed by atoms with Crippen LogP contribution in [0.4, 0.5) is 10.1 Å². The van der Waals surface area contributed by atoms with Crippen molar-refractivity contribution in [2.75, 3.05) is 11.6 Å². The van der Waals surface area contributed by atoms with Crippen LogP contribution >= 0.6 is 11.8 Å². The molecule has 0 fully saturated rings. The quantitative estimate of drug-likeness (QED) is 0.805. The van der Waals surface area contributed by atoms with Crippen LogP contribution in [0.3, 0.4) is 0 Å². The van der Waals surface area contributed by atoms with Crippen LogP contribution in [0, 0.1) is 5.82 Å². The molecule has 0 aliphatic heterocycles. The van der Waals surface area contributed by atoms with Crippen molar-refractivity contribution >= 4 is 23.4 Å². The molecule has 5 heteroatoms. The zero-order valence-corrected chi connectivity index (χ0v) is 13.3. The van der Waals surface area contributed by atoms with Gasteiger partial charge in [0.25, 0.3) is 5.91 Å². The first-order valence-electron chi connectivity index (χ1n) is 7.00. The fraction of sp³-hybridized carbons (Fsp3) is 0.235. The zero-order chi connectivity index (χ0) is 15.9. The van der Waals surface area contributed by atoms with Gasteiger partial charge in [-0.25, -0.2) is 4.39 Å². The number of ether oxygens (including phenoxy) is 1. The highest BCUT2D eigenvalue weighted by Crippen LogP contribution is 2.25. The number of anilines is 1. The minimum Gasteiger partial charge on any atom is -0.478 e. The molecular weight excluding hydrogens is 301 g/mol. The Balaban J connectivity index is 2.11. The lowest BCUT2D eigenvalue weighted by molar-refractivity contribution is -0.122. The number of carbonyl (C=O) groups excluding carboxylic acids is 1. The predicted molar refractivity (Wildman–Crippen MR) is 88.0 cm³/mol. The van der Waals surface area contributed by atoms with E-state index in [9.17, 15) is 9.18 Å².